The molecule has 25 heavy (non-hydrogen) atoms. The predicted octanol–water partition coefficient (Wildman–Crippen LogP) is 2.11. The SMILES string of the molecule is N#Cc1ccccc1N1CCN(CCNC(=O)c2ccccc2)CC1. The molecule has 1 fully saturated rings. The fourth-order valence-corrected chi connectivity index (χ4v) is 3.08. The van der Waals surface area contributed by atoms with Crippen LogP contribution in [0.3, 0.4) is 0 Å². The van der Waals surface area contributed by atoms with Crippen molar-refractivity contribution in [3.8, 4) is 6.07 Å². The van der Waals surface area contributed by atoms with E-state index in [1.165, 1.54) is 0 Å². The molecular formula is C20H22N4O. The fourth-order valence-electron chi connectivity index (χ4n) is 3.08. The molecule has 2 aromatic carbocycles. The van der Waals surface area contributed by atoms with Crippen LogP contribution in [0.5, 0.6) is 0 Å². The molecule has 1 saturated heterocycles. The second-order valence-electron chi connectivity index (χ2n) is 6.08. The lowest BCUT2D eigenvalue weighted by atomic mass is 10.1. The van der Waals surface area contributed by atoms with E-state index in [0.717, 1.165) is 44.0 Å². The molecule has 128 valence electrons. The number of piperazine rings is 1. The van der Waals surface area contributed by atoms with E-state index < -0.39 is 0 Å². The lowest BCUT2D eigenvalue weighted by molar-refractivity contribution is 0.0948. The fraction of sp³-hybridized carbons (Fsp3) is 0.300. The Morgan fingerprint density at radius 3 is 2.40 bits per heavy atom. The van der Waals surface area contributed by atoms with Gasteiger partial charge in [0.05, 0.1) is 11.3 Å². The Morgan fingerprint density at radius 1 is 1.00 bits per heavy atom. The summed E-state index contributed by atoms with van der Waals surface area (Å²) in [5.41, 5.74) is 2.44. The molecule has 1 N–H and O–H groups in total. The highest BCUT2D eigenvalue weighted by molar-refractivity contribution is 5.94. The van der Waals surface area contributed by atoms with Gasteiger partial charge in [0.2, 0.25) is 0 Å². The van der Waals surface area contributed by atoms with E-state index in [9.17, 15) is 10.1 Å². The normalized spacial score (nSPS) is 14.8. The van der Waals surface area contributed by atoms with Crippen LogP contribution < -0.4 is 10.2 Å². The molecule has 3 rings (SSSR count). The Kier molecular flexibility index (Phi) is 5.65. The van der Waals surface area contributed by atoms with Crippen molar-refractivity contribution in [1.82, 2.24) is 10.2 Å². The van der Waals surface area contributed by atoms with E-state index in [-0.39, 0.29) is 5.91 Å². The molecule has 1 aliphatic rings. The Hall–Kier alpha value is -2.84. The molecule has 0 atom stereocenters. The molecule has 1 amide bonds. The van der Waals surface area contributed by atoms with Crippen LogP contribution in [0.4, 0.5) is 5.69 Å². The highest BCUT2D eigenvalue weighted by Crippen LogP contribution is 2.20. The van der Waals surface area contributed by atoms with E-state index in [4.69, 9.17) is 0 Å². The third-order valence-electron chi connectivity index (χ3n) is 4.49. The molecule has 0 unspecified atom stereocenters. The number of nitrogens with one attached hydrogen (secondary N) is 1. The van der Waals surface area contributed by atoms with Crippen molar-refractivity contribution in [1.29, 1.82) is 5.26 Å². The van der Waals surface area contributed by atoms with Crippen LogP contribution >= 0.6 is 0 Å². The molecule has 0 radical (unpaired) electrons. The summed E-state index contributed by atoms with van der Waals surface area (Å²) < 4.78 is 0. The van der Waals surface area contributed by atoms with Crippen molar-refractivity contribution in [2.24, 2.45) is 0 Å². The third-order valence-corrected chi connectivity index (χ3v) is 4.49. The average molecular weight is 334 g/mol. The first-order valence-corrected chi connectivity index (χ1v) is 8.57. The number of nitrogens with zero attached hydrogens (tertiary/aromatic N) is 3. The first-order valence-electron chi connectivity index (χ1n) is 8.57. The molecule has 2 aromatic rings. The van der Waals surface area contributed by atoms with E-state index in [0.29, 0.717) is 12.1 Å². The van der Waals surface area contributed by atoms with E-state index in [1.54, 1.807) is 0 Å². The van der Waals surface area contributed by atoms with E-state index in [1.807, 2.05) is 54.6 Å². The number of carbonyl (C=O) groups excluding carboxylic acids is 1. The van der Waals surface area contributed by atoms with Crippen LogP contribution in [0.2, 0.25) is 0 Å². The molecule has 0 aliphatic carbocycles. The minimum Gasteiger partial charge on any atom is -0.368 e. The van der Waals surface area contributed by atoms with Crippen LogP contribution in [0.25, 0.3) is 0 Å². The summed E-state index contributed by atoms with van der Waals surface area (Å²) in [4.78, 5) is 16.6. The van der Waals surface area contributed by atoms with Crippen LogP contribution in [0.15, 0.2) is 54.6 Å². The van der Waals surface area contributed by atoms with Crippen molar-refractivity contribution < 1.29 is 4.79 Å². The number of hydrogen-bond donors (Lipinski definition) is 1. The zero-order chi connectivity index (χ0) is 17.5. The molecule has 1 heterocycles. The van der Waals surface area contributed by atoms with Gasteiger partial charge < -0.3 is 10.2 Å². The van der Waals surface area contributed by atoms with Gasteiger partial charge in [0, 0.05) is 44.8 Å². The summed E-state index contributed by atoms with van der Waals surface area (Å²) in [5.74, 6) is -0.0258. The maximum absolute atomic E-state index is 12.0. The summed E-state index contributed by atoms with van der Waals surface area (Å²) >= 11 is 0. The molecule has 0 bridgehead atoms. The minimum absolute atomic E-state index is 0.0258. The largest absolute Gasteiger partial charge is 0.368 e. The van der Waals surface area contributed by atoms with Crippen molar-refractivity contribution in [2.45, 2.75) is 0 Å². The Morgan fingerprint density at radius 2 is 1.68 bits per heavy atom. The number of nitriles is 1. The maximum atomic E-state index is 12.0. The number of benzene rings is 2. The van der Waals surface area contributed by atoms with Crippen molar-refractivity contribution >= 4 is 11.6 Å². The summed E-state index contributed by atoms with van der Waals surface area (Å²) in [7, 11) is 0. The zero-order valence-corrected chi connectivity index (χ0v) is 14.2. The monoisotopic (exact) mass is 334 g/mol. The van der Waals surface area contributed by atoms with Gasteiger partial charge in [0.15, 0.2) is 0 Å². The predicted molar refractivity (Wildman–Crippen MR) is 98.6 cm³/mol. The van der Waals surface area contributed by atoms with Crippen molar-refractivity contribution in [2.75, 3.05) is 44.2 Å². The van der Waals surface area contributed by atoms with Crippen molar-refractivity contribution in [3.63, 3.8) is 0 Å². The second-order valence-corrected chi connectivity index (χ2v) is 6.08. The minimum atomic E-state index is -0.0258. The Balaban J connectivity index is 1.44. The average Bonchev–Trinajstić information content (AvgIpc) is 2.69. The van der Waals surface area contributed by atoms with Gasteiger partial charge in [-0.15, -0.1) is 0 Å². The number of para-hydroxylation sites is 1. The molecule has 1 aliphatic heterocycles. The van der Waals surface area contributed by atoms with Gasteiger partial charge in [-0.2, -0.15) is 5.26 Å². The van der Waals surface area contributed by atoms with E-state index >= 15 is 0 Å². The smallest absolute Gasteiger partial charge is 0.251 e. The summed E-state index contributed by atoms with van der Waals surface area (Å²) in [6.07, 6.45) is 0. The first kappa shape index (κ1) is 17.0. The lowest BCUT2D eigenvalue weighted by Gasteiger charge is -2.36. The van der Waals surface area contributed by atoms with E-state index in [2.05, 4.69) is 21.2 Å². The number of hydrogen-bond acceptors (Lipinski definition) is 4. The van der Waals surface area contributed by atoms with Gasteiger partial charge in [-0.3, -0.25) is 9.69 Å². The Bertz CT molecular complexity index is 746. The molecule has 5 nitrogen and oxygen atoms in total. The molecular weight excluding hydrogens is 312 g/mol. The number of carbonyl (C=O) groups is 1. The maximum Gasteiger partial charge on any atom is 0.251 e. The third kappa shape index (κ3) is 4.37. The zero-order valence-electron chi connectivity index (χ0n) is 14.2. The molecule has 0 aromatic heterocycles. The van der Waals surface area contributed by atoms with Gasteiger partial charge >= 0.3 is 0 Å². The van der Waals surface area contributed by atoms with Gasteiger partial charge in [-0.1, -0.05) is 30.3 Å². The molecule has 5 heteroatoms. The standard InChI is InChI=1S/C20H22N4O/c21-16-18-8-4-5-9-19(18)24-14-12-23(13-15-24)11-10-22-20(25)17-6-2-1-3-7-17/h1-9H,10-15H2,(H,22,25). The number of anilines is 1. The van der Waals surface area contributed by atoms with Gasteiger partial charge in [-0.25, -0.2) is 0 Å². The quantitative estimate of drug-likeness (QED) is 0.910. The summed E-state index contributed by atoms with van der Waals surface area (Å²) in [5, 5.41) is 12.2. The van der Waals surface area contributed by atoms with Gasteiger partial charge in [0.1, 0.15) is 6.07 Å². The van der Waals surface area contributed by atoms with Crippen LogP contribution in [0.1, 0.15) is 15.9 Å². The van der Waals surface area contributed by atoms with Gasteiger partial charge in [-0.05, 0) is 24.3 Å². The topological polar surface area (TPSA) is 59.4 Å². The highest BCUT2D eigenvalue weighted by Gasteiger charge is 2.18. The summed E-state index contributed by atoms with van der Waals surface area (Å²) in [6, 6.07) is 19.3. The van der Waals surface area contributed by atoms with Crippen LogP contribution in [-0.2, 0) is 0 Å². The van der Waals surface area contributed by atoms with Crippen LogP contribution in [0, 0.1) is 11.3 Å². The lowest BCUT2D eigenvalue weighted by Crippen LogP contribution is -2.48. The number of rotatable bonds is 5. The summed E-state index contributed by atoms with van der Waals surface area (Å²) in [6.45, 7) is 5.13. The Labute approximate surface area is 148 Å². The molecule has 0 saturated carbocycles. The first-order chi connectivity index (χ1) is 12.3. The second kappa shape index (κ2) is 8.32. The molecule has 0 spiro atoms. The highest BCUT2D eigenvalue weighted by atomic mass is 16.1. The number of amides is 1. The van der Waals surface area contributed by atoms with Gasteiger partial charge in [0.25, 0.3) is 5.91 Å². The van der Waals surface area contributed by atoms with Crippen LogP contribution in [-0.4, -0.2) is 50.1 Å². The van der Waals surface area contributed by atoms with Crippen molar-refractivity contribution in [3.05, 3.63) is 65.7 Å².